The molecular weight excluding hydrogens is 272 g/mol. The number of ether oxygens (including phenoxy) is 1. The van der Waals surface area contributed by atoms with E-state index in [1.807, 2.05) is 32.9 Å². The summed E-state index contributed by atoms with van der Waals surface area (Å²) >= 11 is 0. The lowest BCUT2D eigenvalue weighted by Crippen LogP contribution is -2.48. The van der Waals surface area contributed by atoms with E-state index in [1.54, 1.807) is 7.11 Å². The molecule has 0 saturated heterocycles. The van der Waals surface area contributed by atoms with Gasteiger partial charge in [0.1, 0.15) is 5.75 Å². The van der Waals surface area contributed by atoms with Crippen molar-refractivity contribution in [3.63, 3.8) is 0 Å². The summed E-state index contributed by atoms with van der Waals surface area (Å²) in [4.78, 5) is 0. The van der Waals surface area contributed by atoms with Gasteiger partial charge in [0.15, 0.2) is 0 Å². The summed E-state index contributed by atoms with van der Waals surface area (Å²) in [5.74, 6) is 0.845. The molecule has 4 nitrogen and oxygen atoms in total. The van der Waals surface area contributed by atoms with Gasteiger partial charge >= 0.3 is 8.80 Å². The van der Waals surface area contributed by atoms with Crippen LogP contribution in [0.15, 0.2) is 18.2 Å². The van der Waals surface area contributed by atoms with Crippen LogP contribution in [-0.4, -0.2) is 35.7 Å². The van der Waals surface area contributed by atoms with Crippen LogP contribution in [0.25, 0.3) is 0 Å². The molecular formula is C15H26O4Si. The molecule has 0 amide bonds. The highest BCUT2D eigenvalue weighted by Gasteiger charge is 2.41. The maximum atomic E-state index is 5.90. The van der Waals surface area contributed by atoms with Crippen LogP contribution in [-0.2, 0) is 19.3 Å². The average Bonchev–Trinajstić information content (AvgIpc) is 2.42. The van der Waals surface area contributed by atoms with Crippen LogP contribution in [0.1, 0.15) is 31.9 Å². The van der Waals surface area contributed by atoms with Crippen molar-refractivity contribution < 1.29 is 18.0 Å². The number of aryl methyl sites for hydroxylation is 1. The zero-order valence-corrected chi connectivity index (χ0v) is 14.2. The summed E-state index contributed by atoms with van der Waals surface area (Å²) in [6.45, 7) is 9.77. The summed E-state index contributed by atoms with van der Waals surface area (Å²) in [6.07, 6.45) is 0. The highest BCUT2D eigenvalue weighted by molar-refractivity contribution is 6.60. The first-order valence-corrected chi connectivity index (χ1v) is 9.09. The minimum atomic E-state index is -2.66. The van der Waals surface area contributed by atoms with Gasteiger partial charge in [0.05, 0.1) is 7.11 Å². The van der Waals surface area contributed by atoms with E-state index in [2.05, 4.69) is 13.0 Å². The van der Waals surface area contributed by atoms with Gasteiger partial charge in [-0.1, -0.05) is 6.07 Å². The number of rotatable bonds is 9. The smallest absolute Gasteiger partial charge is 0.497 e. The minimum absolute atomic E-state index is 0.592. The molecule has 0 radical (unpaired) electrons. The zero-order valence-electron chi connectivity index (χ0n) is 13.2. The van der Waals surface area contributed by atoms with Gasteiger partial charge in [-0.3, -0.25) is 0 Å². The second-order valence-electron chi connectivity index (χ2n) is 4.45. The van der Waals surface area contributed by atoms with E-state index in [0.717, 1.165) is 11.3 Å². The SMILES string of the molecule is CCO[Si](Cc1cc(OC)ccc1C)(OCC)OCC. The van der Waals surface area contributed by atoms with E-state index >= 15 is 0 Å². The Morgan fingerprint density at radius 1 is 0.950 bits per heavy atom. The average molecular weight is 298 g/mol. The molecule has 0 bridgehead atoms. The molecule has 0 aliphatic heterocycles. The monoisotopic (exact) mass is 298 g/mol. The third kappa shape index (κ3) is 4.59. The van der Waals surface area contributed by atoms with Crippen LogP contribution >= 0.6 is 0 Å². The highest BCUT2D eigenvalue weighted by atomic mass is 28.4. The fourth-order valence-corrected chi connectivity index (χ4v) is 4.86. The van der Waals surface area contributed by atoms with Crippen molar-refractivity contribution >= 4 is 8.80 Å². The van der Waals surface area contributed by atoms with Crippen molar-refractivity contribution in [1.82, 2.24) is 0 Å². The van der Waals surface area contributed by atoms with E-state index in [4.69, 9.17) is 18.0 Å². The molecule has 1 aromatic rings. The molecule has 0 atom stereocenters. The lowest BCUT2D eigenvalue weighted by atomic mass is 10.1. The molecule has 114 valence electrons. The second kappa shape index (κ2) is 8.41. The number of hydrogen-bond donors (Lipinski definition) is 0. The van der Waals surface area contributed by atoms with E-state index in [-0.39, 0.29) is 0 Å². The Hall–Kier alpha value is -0.883. The molecule has 1 aromatic carbocycles. The number of hydrogen-bond acceptors (Lipinski definition) is 4. The van der Waals surface area contributed by atoms with Gasteiger partial charge in [-0.25, -0.2) is 0 Å². The van der Waals surface area contributed by atoms with Crippen LogP contribution in [0, 0.1) is 6.92 Å². The Morgan fingerprint density at radius 2 is 1.50 bits per heavy atom. The van der Waals surface area contributed by atoms with Crippen molar-refractivity contribution in [3.8, 4) is 5.75 Å². The van der Waals surface area contributed by atoms with Gasteiger partial charge in [-0.15, -0.1) is 0 Å². The first kappa shape index (κ1) is 17.2. The molecule has 0 aromatic heterocycles. The largest absolute Gasteiger partial charge is 0.505 e. The summed E-state index contributed by atoms with van der Waals surface area (Å²) in [6, 6.07) is 6.72. The first-order valence-electron chi connectivity index (χ1n) is 7.16. The zero-order chi connectivity index (χ0) is 15.0. The van der Waals surface area contributed by atoms with Crippen molar-refractivity contribution in [1.29, 1.82) is 0 Å². The standard InChI is InChI=1S/C15H26O4Si/c1-6-17-20(18-7-2,19-8-3)12-14-11-15(16-5)10-9-13(14)4/h9-11H,6-8,12H2,1-5H3. The van der Waals surface area contributed by atoms with Gasteiger partial charge in [-0.2, -0.15) is 0 Å². The van der Waals surface area contributed by atoms with Crippen LogP contribution in [0.3, 0.4) is 0 Å². The summed E-state index contributed by atoms with van der Waals surface area (Å²) in [7, 11) is -0.986. The fraction of sp³-hybridized carbons (Fsp3) is 0.600. The predicted octanol–water partition coefficient (Wildman–Crippen LogP) is 3.13. The summed E-state index contributed by atoms with van der Waals surface area (Å²) in [5, 5.41) is 0. The maximum absolute atomic E-state index is 5.90. The molecule has 0 aliphatic carbocycles. The Balaban J connectivity index is 3.03. The molecule has 0 saturated carbocycles. The molecule has 0 N–H and O–H groups in total. The topological polar surface area (TPSA) is 36.9 Å². The summed E-state index contributed by atoms with van der Waals surface area (Å²) in [5.41, 5.74) is 2.35. The van der Waals surface area contributed by atoms with Crippen molar-refractivity contribution in [3.05, 3.63) is 29.3 Å². The first-order chi connectivity index (χ1) is 9.60. The van der Waals surface area contributed by atoms with E-state index < -0.39 is 8.80 Å². The van der Waals surface area contributed by atoms with Crippen molar-refractivity contribution in [2.45, 2.75) is 33.7 Å². The summed E-state index contributed by atoms with van der Waals surface area (Å²) < 4.78 is 23.0. The highest BCUT2D eigenvalue weighted by Crippen LogP contribution is 2.23. The quantitative estimate of drug-likeness (QED) is 0.656. The van der Waals surface area contributed by atoms with Gasteiger partial charge in [0, 0.05) is 25.9 Å². The molecule has 1 rings (SSSR count). The Labute approximate surface area is 123 Å². The molecule has 0 heterocycles. The van der Waals surface area contributed by atoms with Gasteiger partial charge in [0.25, 0.3) is 0 Å². The lowest BCUT2D eigenvalue weighted by Gasteiger charge is -2.29. The Kier molecular flexibility index (Phi) is 7.22. The Bertz CT molecular complexity index is 392. The van der Waals surface area contributed by atoms with Crippen LogP contribution in [0.5, 0.6) is 5.75 Å². The number of methoxy groups -OCH3 is 1. The predicted molar refractivity (Wildman–Crippen MR) is 82.1 cm³/mol. The fourth-order valence-electron chi connectivity index (χ4n) is 2.14. The molecule has 5 heteroatoms. The van der Waals surface area contributed by atoms with E-state index in [9.17, 15) is 0 Å². The van der Waals surface area contributed by atoms with E-state index in [1.165, 1.54) is 5.56 Å². The van der Waals surface area contributed by atoms with Crippen LogP contribution < -0.4 is 4.74 Å². The van der Waals surface area contributed by atoms with Gasteiger partial charge in [0.2, 0.25) is 0 Å². The minimum Gasteiger partial charge on any atom is -0.497 e. The molecule has 0 spiro atoms. The lowest BCUT2D eigenvalue weighted by molar-refractivity contribution is 0.0703. The maximum Gasteiger partial charge on any atom is 0.505 e. The van der Waals surface area contributed by atoms with Gasteiger partial charge in [-0.05, 0) is 51.0 Å². The third-order valence-corrected chi connectivity index (χ3v) is 6.06. The third-order valence-electron chi connectivity index (χ3n) is 3.06. The van der Waals surface area contributed by atoms with Gasteiger partial charge < -0.3 is 18.0 Å². The normalized spacial score (nSPS) is 11.7. The second-order valence-corrected chi connectivity index (χ2v) is 7.04. The molecule has 20 heavy (non-hydrogen) atoms. The van der Waals surface area contributed by atoms with Crippen molar-refractivity contribution in [2.75, 3.05) is 26.9 Å². The Morgan fingerprint density at radius 3 is 1.95 bits per heavy atom. The molecule has 0 aliphatic rings. The molecule has 0 unspecified atom stereocenters. The van der Waals surface area contributed by atoms with E-state index in [0.29, 0.717) is 25.9 Å². The van der Waals surface area contributed by atoms with Crippen molar-refractivity contribution in [2.24, 2.45) is 0 Å². The number of benzene rings is 1. The molecule has 0 fully saturated rings. The van der Waals surface area contributed by atoms with Crippen LogP contribution in [0.2, 0.25) is 0 Å². The van der Waals surface area contributed by atoms with Crippen LogP contribution in [0.4, 0.5) is 0 Å².